The molecule has 0 N–H and O–H groups in total. The lowest BCUT2D eigenvalue weighted by Crippen LogP contribution is -2.39. The lowest BCUT2D eigenvalue weighted by atomic mass is 9.84. The quantitative estimate of drug-likeness (QED) is 0.775. The zero-order valence-electron chi connectivity index (χ0n) is 12.7. The summed E-state index contributed by atoms with van der Waals surface area (Å²) >= 11 is 3.46. The monoisotopic (exact) mass is 337 g/mol. The molecule has 0 aliphatic heterocycles. The second-order valence-electron chi connectivity index (χ2n) is 5.96. The van der Waals surface area contributed by atoms with Gasteiger partial charge in [0, 0.05) is 23.1 Å². The first-order valence-corrected chi connectivity index (χ1v) is 8.35. The molecule has 110 valence electrons. The molecule has 0 radical (unpaired) electrons. The molecule has 0 unspecified atom stereocenters. The summed E-state index contributed by atoms with van der Waals surface area (Å²) in [5.74, 6) is 1.02. The van der Waals surface area contributed by atoms with E-state index in [-0.39, 0.29) is 5.91 Å². The van der Waals surface area contributed by atoms with E-state index in [0.717, 1.165) is 34.4 Å². The minimum Gasteiger partial charge on any atom is -0.339 e. The van der Waals surface area contributed by atoms with E-state index in [1.807, 2.05) is 37.1 Å². The molecule has 0 spiro atoms. The second-order valence-corrected chi connectivity index (χ2v) is 6.87. The molecule has 1 aromatic carbocycles. The Morgan fingerprint density at radius 2 is 1.95 bits per heavy atom. The third-order valence-corrected chi connectivity index (χ3v) is 5.18. The van der Waals surface area contributed by atoms with Gasteiger partial charge in [-0.05, 0) is 56.2 Å². The molecule has 2 rings (SSSR count). The van der Waals surface area contributed by atoms with Gasteiger partial charge >= 0.3 is 0 Å². The number of hydrogen-bond donors (Lipinski definition) is 0. The Kier molecular flexibility index (Phi) is 5.25. The summed E-state index contributed by atoms with van der Waals surface area (Å²) in [5.41, 5.74) is 1.87. The number of amides is 1. The number of nitrogens with zero attached hydrogens (tertiary/aromatic N) is 1. The van der Waals surface area contributed by atoms with Crippen molar-refractivity contribution in [1.82, 2.24) is 4.90 Å². The molecule has 0 bridgehead atoms. The van der Waals surface area contributed by atoms with Crippen LogP contribution in [0.5, 0.6) is 0 Å². The largest absolute Gasteiger partial charge is 0.339 e. The van der Waals surface area contributed by atoms with E-state index in [2.05, 4.69) is 22.9 Å². The van der Waals surface area contributed by atoms with Gasteiger partial charge in [-0.15, -0.1) is 0 Å². The number of benzene rings is 1. The fraction of sp³-hybridized carbons (Fsp3) is 0.588. The molecule has 20 heavy (non-hydrogen) atoms. The molecule has 0 atom stereocenters. The predicted octanol–water partition coefficient (Wildman–Crippen LogP) is 4.80. The Morgan fingerprint density at radius 1 is 1.30 bits per heavy atom. The molecule has 1 aromatic rings. The molecule has 1 aliphatic carbocycles. The van der Waals surface area contributed by atoms with Crippen LogP contribution in [0.15, 0.2) is 22.7 Å². The molecule has 2 nitrogen and oxygen atoms in total. The summed E-state index contributed by atoms with van der Waals surface area (Å²) in [5, 5.41) is 0. The first-order valence-electron chi connectivity index (χ1n) is 7.56. The van der Waals surface area contributed by atoms with Crippen LogP contribution in [-0.4, -0.2) is 23.9 Å². The molecule has 1 aliphatic rings. The van der Waals surface area contributed by atoms with Gasteiger partial charge in [-0.1, -0.05) is 35.3 Å². The predicted molar refractivity (Wildman–Crippen MR) is 87.0 cm³/mol. The number of carbonyl (C=O) groups is 1. The first-order chi connectivity index (χ1) is 9.52. The van der Waals surface area contributed by atoms with Gasteiger partial charge in [0.15, 0.2) is 0 Å². The van der Waals surface area contributed by atoms with E-state index in [1.54, 1.807) is 0 Å². The van der Waals surface area contributed by atoms with Gasteiger partial charge in [-0.2, -0.15) is 0 Å². The summed E-state index contributed by atoms with van der Waals surface area (Å²) in [7, 11) is 1.96. The number of rotatable bonds is 3. The lowest BCUT2D eigenvalue weighted by molar-refractivity contribution is 0.0674. The Hall–Kier alpha value is -0.830. The number of halogens is 1. The van der Waals surface area contributed by atoms with Crippen molar-refractivity contribution in [2.75, 3.05) is 7.05 Å². The van der Waals surface area contributed by atoms with Crippen LogP contribution in [0.2, 0.25) is 0 Å². The van der Waals surface area contributed by atoms with Gasteiger partial charge in [0.25, 0.3) is 5.91 Å². The summed E-state index contributed by atoms with van der Waals surface area (Å²) in [4.78, 5) is 14.6. The van der Waals surface area contributed by atoms with Crippen LogP contribution >= 0.6 is 15.9 Å². The maximum atomic E-state index is 12.7. The highest BCUT2D eigenvalue weighted by Crippen LogP contribution is 2.30. The van der Waals surface area contributed by atoms with Crippen molar-refractivity contribution < 1.29 is 4.79 Å². The van der Waals surface area contributed by atoms with Crippen molar-refractivity contribution in [3.8, 4) is 0 Å². The highest BCUT2D eigenvalue weighted by Gasteiger charge is 2.26. The Balaban J connectivity index is 2.07. The molecule has 1 fully saturated rings. The van der Waals surface area contributed by atoms with Crippen molar-refractivity contribution in [2.24, 2.45) is 5.92 Å². The van der Waals surface area contributed by atoms with Gasteiger partial charge in [0.1, 0.15) is 0 Å². The van der Waals surface area contributed by atoms with Crippen LogP contribution in [-0.2, 0) is 0 Å². The third kappa shape index (κ3) is 3.43. The first kappa shape index (κ1) is 15.6. The summed E-state index contributed by atoms with van der Waals surface area (Å²) in [6.45, 7) is 4.27. The van der Waals surface area contributed by atoms with E-state index in [4.69, 9.17) is 0 Å². The van der Waals surface area contributed by atoms with Crippen molar-refractivity contribution >= 4 is 21.8 Å². The number of carbonyl (C=O) groups excluding carboxylic acids is 1. The average Bonchev–Trinajstić information content (AvgIpc) is 2.48. The molecule has 3 heteroatoms. The molecular weight excluding hydrogens is 314 g/mol. The van der Waals surface area contributed by atoms with Gasteiger partial charge in [-0.25, -0.2) is 0 Å². The van der Waals surface area contributed by atoms with E-state index >= 15 is 0 Å². The Bertz CT molecular complexity index is 478. The van der Waals surface area contributed by atoms with Crippen LogP contribution in [0.25, 0.3) is 0 Å². The van der Waals surface area contributed by atoms with Crippen molar-refractivity contribution in [1.29, 1.82) is 0 Å². The van der Waals surface area contributed by atoms with E-state index in [0.29, 0.717) is 6.04 Å². The van der Waals surface area contributed by atoms with Crippen molar-refractivity contribution in [3.63, 3.8) is 0 Å². The SMILES string of the molecule is CCC1CCC(N(C)C(=O)c2cc(Br)ccc2C)CC1. The minimum atomic E-state index is 0.156. The normalized spacial score (nSPS) is 22.6. The maximum absolute atomic E-state index is 12.7. The lowest BCUT2D eigenvalue weighted by Gasteiger charge is -2.34. The van der Waals surface area contributed by atoms with E-state index in [1.165, 1.54) is 19.3 Å². The van der Waals surface area contributed by atoms with Gasteiger partial charge in [-0.3, -0.25) is 4.79 Å². The smallest absolute Gasteiger partial charge is 0.254 e. The van der Waals surface area contributed by atoms with Crippen LogP contribution < -0.4 is 0 Å². The van der Waals surface area contributed by atoms with Crippen LogP contribution in [0.4, 0.5) is 0 Å². The Labute approximate surface area is 130 Å². The highest BCUT2D eigenvalue weighted by molar-refractivity contribution is 9.10. The topological polar surface area (TPSA) is 20.3 Å². The van der Waals surface area contributed by atoms with Crippen LogP contribution in [0.1, 0.15) is 54.9 Å². The molecule has 1 amide bonds. The Morgan fingerprint density at radius 3 is 2.55 bits per heavy atom. The molecular formula is C17H24BrNO. The zero-order chi connectivity index (χ0) is 14.7. The van der Waals surface area contributed by atoms with Gasteiger partial charge in [0.2, 0.25) is 0 Å². The summed E-state index contributed by atoms with van der Waals surface area (Å²) in [6.07, 6.45) is 6.09. The van der Waals surface area contributed by atoms with Crippen molar-refractivity contribution in [2.45, 2.75) is 52.0 Å². The standard InChI is InChI=1S/C17H24BrNO/c1-4-13-6-9-15(10-7-13)19(3)17(20)16-11-14(18)8-5-12(16)2/h5,8,11,13,15H,4,6-7,9-10H2,1-3H3. The maximum Gasteiger partial charge on any atom is 0.254 e. The van der Waals surface area contributed by atoms with Crippen LogP contribution in [0.3, 0.4) is 0 Å². The zero-order valence-corrected chi connectivity index (χ0v) is 14.2. The molecule has 1 saturated carbocycles. The molecule has 0 heterocycles. The fourth-order valence-electron chi connectivity index (χ4n) is 3.12. The summed E-state index contributed by atoms with van der Waals surface area (Å²) in [6, 6.07) is 6.33. The summed E-state index contributed by atoms with van der Waals surface area (Å²) < 4.78 is 0.967. The van der Waals surface area contributed by atoms with Crippen molar-refractivity contribution in [3.05, 3.63) is 33.8 Å². The third-order valence-electron chi connectivity index (χ3n) is 4.69. The molecule has 0 saturated heterocycles. The van der Waals surface area contributed by atoms with Gasteiger partial charge < -0.3 is 4.90 Å². The minimum absolute atomic E-state index is 0.156. The highest BCUT2D eigenvalue weighted by atomic mass is 79.9. The number of hydrogen-bond acceptors (Lipinski definition) is 1. The second kappa shape index (κ2) is 6.75. The number of aryl methyl sites for hydroxylation is 1. The van der Waals surface area contributed by atoms with Gasteiger partial charge in [0.05, 0.1) is 0 Å². The van der Waals surface area contributed by atoms with E-state index < -0.39 is 0 Å². The average molecular weight is 338 g/mol. The van der Waals surface area contributed by atoms with E-state index in [9.17, 15) is 4.79 Å². The van der Waals surface area contributed by atoms with Crippen LogP contribution in [0, 0.1) is 12.8 Å². The fourth-order valence-corrected chi connectivity index (χ4v) is 3.48. The molecule has 0 aromatic heterocycles.